The molecular weight excluding hydrogens is 354 g/mol. The van der Waals surface area contributed by atoms with Gasteiger partial charge in [0.15, 0.2) is 0 Å². The van der Waals surface area contributed by atoms with Gasteiger partial charge >= 0.3 is 5.97 Å². The Kier molecular flexibility index (Phi) is 5.39. The van der Waals surface area contributed by atoms with Crippen molar-refractivity contribution in [2.24, 2.45) is 0 Å². The van der Waals surface area contributed by atoms with Crippen molar-refractivity contribution in [1.82, 2.24) is 4.72 Å². The molecule has 0 amide bonds. The van der Waals surface area contributed by atoms with E-state index in [1.54, 1.807) is 0 Å². The Labute approximate surface area is 116 Å². The van der Waals surface area contributed by atoms with Gasteiger partial charge in [0.25, 0.3) is 0 Å². The van der Waals surface area contributed by atoms with E-state index in [4.69, 9.17) is 16.7 Å². The zero-order valence-electron chi connectivity index (χ0n) is 8.44. The maximum Gasteiger partial charge on any atom is 0.303 e. The van der Waals surface area contributed by atoms with Gasteiger partial charge in [0.2, 0.25) is 10.0 Å². The molecule has 0 saturated carbocycles. The number of hydrogen-bond donors (Lipinski definition) is 2. The number of halogens is 2. The maximum absolute atomic E-state index is 11.7. The lowest BCUT2D eigenvalue weighted by atomic mass is 10.3. The number of carboxylic acid groups (broad SMARTS) is 1. The minimum atomic E-state index is -3.60. The minimum Gasteiger partial charge on any atom is -0.481 e. The molecular formula is C8H9BrClNO4S2. The number of nitrogens with one attached hydrogen (secondary N) is 1. The third kappa shape index (κ3) is 4.55. The van der Waals surface area contributed by atoms with E-state index < -0.39 is 16.0 Å². The van der Waals surface area contributed by atoms with E-state index >= 15 is 0 Å². The highest BCUT2D eigenvalue weighted by molar-refractivity contribution is 9.11. The molecule has 0 atom stereocenters. The van der Waals surface area contributed by atoms with Crippen molar-refractivity contribution >= 4 is 54.9 Å². The SMILES string of the molecule is O=C(O)CCCNS(=O)(=O)c1cc(Cl)c(Br)s1. The van der Waals surface area contributed by atoms with Gasteiger partial charge in [-0.2, -0.15) is 0 Å². The van der Waals surface area contributed by atoms with Crippen LogP contribution in [0.4, 0.5) is 0 Å². The number of aliphatic carboxylic acids is 1. The molecule has 1 aromatic heterocycles. The van der Waals surface area contributed by atoms with Crippen LogP contribution in [0.2, 0.25) is 5.02 Å². The lowest BCUT2D eigenvalue weighted by Crippen LogP contribution is -2.24. The number of carboxylic acids is 1. The summed E-state index contributed by atoms with van der Waals surface area (Å²) in [6.45, 7) is 0.0851. The Balaban J connectivity index is 2.60. The van der Waals surface area contributed by atoms with E-state index in [-0.39, 0.29) is 23.6 Å². The third-order valence-electron chi connectivity index (χ3n) is 1.75. The highest BCUT2D eigenvalue weighted by Gasteiger charge is 2.18. The van der Waals surface area contributed by atoms with Crippen molar-refractivity contribution in [3.05, 3.63) is 14.9 Å². The van der Waals surface area contributed by atoms with Crippen LogP contribution in [0.1, 0.15) is 12.8 Å². The van der Waals surface area contributed by atoms with Gasteiger partial charge < -0.3 is 5.11 Å². The zero-order valence-corrected chi connectivity index (χ0v) is 12.4. The van der Waals surface area contributed by atoms with Gasteiger partial charge in [-0.15, -0.1) is 11.3 Å². The molecule has 0 saturated heterocycles. The van der Waals surface area contributed by atoms with Crippen LogP contribution in [-0.2, 0) is 14.8 Å². The van der Waals surface area contributed by atoms with E-state index in [2.05, 4.69) is 20.7 Å². The Bertz CT molecular complexity index is 494. The van der Waals surface area contributed by atoms with Crippen molar-refractivity contribution in [1.29, 1.82) is 0 Å². The molecule has 1 heterocycles. The summed E-state index contributed by atoms with van der Waals surface area (Å²) in [4.78, 5) is 10.2. The normalized spacial score (nSPS) is 11.6. The molecule has 5 nitrogen and oxygen atoms in total. The number of carbonyl (C=O) groups is 1. The summed E-state index contributed by atoms with van der Waals surface area (Å²) in [5.74, 6) is -0.953. The third-order valence-corrected chi connectivity index (χ3v) is 6.16. The first kappa shape index (κ1) is 14.9. The van der Waals surface area contributed by atoms with Crippen LogP contribution in [0.5, 0.6) is 0 Å². The van der Waals surface area contributed by atoms with Crippen LogP contribution in [0.25, 0.3) is 0 Å². The lowest BCUT2D eigenvalue weighted by molar-refractivity contribution is -0.137. The van der Waals surface area contributed by atoms with Gasteiger partial charge in [0.05, 0.1) is 8.81 Å². The molecule has 0 fully saturated rings. The van der Waals surface area contributed by atoms with Gasteiger partial charge in [-0.3, -0.25) is 4.79 Å². The predicted octanol–water partition coefficient (Wildman–Crippen LogP) is 2.31. The van der Waals surface area contributed by atoms with E-state index in [0.29, 0.717) is 8.81 Å². The molecule has 0 bridgehead atoms. The highest BCUT2D eigenvalue weighted by atomic mass is 79.9. The maximum atomic E-state index is 11.7. The summed E-state index contributed by atoms with van der Waals surface area (Å²) in [5, 5.41) is 8.74. The molecule has 0 aliphatic rings. The average molecular weight is 363 g/mol. The Hall–Kier alpha value is -0.150. The molecule has 9 heteroatoms. The molecule has 0 aliphatic carbocycles. The predicted molar refractivity (Wildman–Crippen MR) is 69.1 cm³/mol. The van der Waals surface area contributed by atoms with E-state index in [1.807, 2.05) is 0 Å². The summed E-state index contributed by atoms with van der Waals surface area (Å²) in [6.07, 6.45) is 0.173. The lowest BCUT2D eigenvalue weighted by Gasteiger charge is -2.02. The van der Waals surface area contributed by atoms with Crippen molar-refractivity contribution in [2.75, 3.05) is 6.54 Å². The van der Waals surface area contributed by atoms with Crippen LogP contribution >= 0.6 is 38.9 Å². The minimum absolute atomic E-state index is 0.0720. The number of sulfonamides is 1. The van der Waals surface area contributed by atoms with Crippen molar-refractivity contribution in [3.8, 4) is 0 Å². The molecule has 1 aromatic rings. The van der Waals surface area contributed by atoms with Gasteiger partial charge in [-0.05, 0) is 28.4 Å². The molecule has 0 aliphatic heterocycles. The van der Waals surface area contributed by atoms with Crippen LogP contribution in [0.15, 0.2) is 14.1 Å². The average Bonchev–Trinajstić information content (AvgIpc) is 2.55. The molecule has 2 N–H and O–H groups in total. The van der Waals surface area contributed by atoms with Gasteiger partial charge in [-0.1, -0.05) is 11.6 Å². The van der Waals surface area contributed by atoms with E-state index in [9.17, 15) is 13.2 Å². The van der Waals surface area contributed by atoms with E-state index in [0.717, 1.165) is 11.3 Å². The quantitative estimate of drug-likeness (QED) is 0.761. The number of hydrogen-bond acceptors (Lipinski definition) is 4. The van der Waals surface area contributed by atoms with Crippen LogP contribution in [0.3, 0.4) is 0 Å². The second-order valence-electron chi connectivity index (χ2n) is 3.08. The van der Waals surface area contributed by atoms with Crippen LogP contribution < -0.4 is 4.72 Å². The largest absolute Gasteiger partial charge is 0.481 e. The first-order valence-corrected chi connectivity index (χ1v) is 7.96. The van der Waals surface area contributed by atoms with Gasteiger partial charge in [0.1, 0.15) is 4.21 Å². The highest BCUT2D eigenvalue weighted by Crippen LogP contribution is 2.34. The molecule has 0 unspecified atom stereocenters. The molecule has 0 radical (unpaired) electrons. The summed E-state index contributed by atoms with van der Waals surface area (Å²) < 4.78 is 26.4. The summed E-state index contributed by atoms with van der Waals surface area (Å²) in [7, 11) is -3.60. The standard InChI is InChI=1S/C8H9BrClNO4S2/c9-8-5(10)4-7(16-8)17(14,15)11-3-1-2-6(12)13/h4,11H,1-3H2,(H,12,13). The fraction of sp³-hybridized carbons (Fsp3) is 0.375. The van der Waals surface area contributed by atoms with Crippen LogP contribution in [-0.4, -0.2) is 26.0 Å². The smallest absolute Gasteiger partial charge is 0.303 e. The summed E-state index contributed by atoms with van der Waals surface area (Å²) in [5.41, 5.74) is 0. The molecule has 0 aromatic carbocycles. The second-order valence-corrected chi connectivity index (χ2v) is 7.85. The van der Waals surface area contributed by atoms with Crippen molar-refractivity contribution in [2.45, 2.75) is 17.1 Å². The Morgan fingerprint density at radius 2 is 2.24 bits per heavy atom. The first-order chi connectivity index (χ1) is 7.83. The Morgan fingerprint density at radius 3 is 2.71 bits per heavy atom. The number of thiophene rings is 1. The summed E-state index contributed by atoms with van der Waals surface area (Å²) >= 11 is 9.86. The fourth-order valence-corrected chi connectivity index (χ4v) is 4.49. The van der Waals surface area contributed by atoms with Crippen molar-refractivity contribution < 1.29 is 18.3 Å². The van der Waals surface area contributed by atoms with Gasteiger partial charge in [-0.25, -0.2) is 13.1 Å². The fourth-order valence-electron chi connectivity index (χ4n) is 0.976. The zero-order chi connectivity index (χ0) is 13.1. The van der Waals surface area contributed by atoms with Crippen LogP contribution in [0, 0.1) is 0 Å². The topological polar surface area (TPSA) is 83.5 Å². The second kappa shape index (κ2) is 6.14. The monoisotopic (exact) mass is 361 g/mol. The first-order valence-electron chi connectivity index (χ1n) is 4.49. The molecule has 1 rings (SSSR count). The Morgan fingerprint density at radius 1 is 1.59 bits per heavy atom. The molecule has 0 spiro atoms. The summed E-state index contributed by atoms with van der Waals surface area (Å²) in [6, 6.07) is 1.34. The number of rotatable bonds is 6. The molecule has 17 heavy (non-hydrogen) atoms. The van der Waals surface area contributed by atoms with Gasteiger partial charge in [0, 0.05) is 13.0 Å². The van der Waals surface area contributed by atoms with E-state index in [1.165, 1.54) is 6.07 Å². The van der Waals surface area contributed by atoms with Crippen molar-refractivity contribution in [3.63, 3.8) is 0 Å². The molecule has 96 valence electrons.